The molecule has 1 N–H and O–H groups in total. The van der Waals surface area contributed by atoms with Crippen molar-refractivity contribution in [2.24, 2.45) is 0 Å². The van der Waals surface area contributed by atoms with Gasteiger partial charge >= 0.3 is 0 Å². The molecular weight excluding hydrogens is 248 g/mol. The van der Waals surface area contributed by atoms with Crippen LogP contribution in [0.25, 0.3) is 0 Å². The smallest absolute Gasteiger partial charge is 0.119 e. The Morgan fingerprint density at radius 3 is 2.25 bits per heavy atom. The van der Waals surface area contributed by atoms with Gasteiger partial charge in [-0.3, -0.25) is 0 Å². The maximum absolute atomic E-state index is 5.19. The summed E-state index contributed by atoms with van der Waals surface area (Å²) in [4.78, 5) is 2.24. The van der Waals surface area contributed by atoms with Crippen molar-refractivity contribution in [3.8, 4) is 5.75 Å². The molecule has 0 unspecified atom stereocenters. The van der Waals surface area contributed by atoms with Crippen LogP contribution < -0.4 is 15.0 Å². The highest BCUT2D eigenvalue weighted by molar-refractivity contribution is 5.49. The molecule has 0 spiro atoms. The van der Waals surface area contributed by atoms with Gasteiger partial charge in [0.2, 0.25) is 0 Å². The summed E-state index contributed by atoms with van der Waals surface area (Å²) in [5.74, 6) is 0.887. The van der Waals surface area contributed by atoms with Crippen LogP contribution in [0.2, 0.25) is 0 Å². The molecule has 0 saturated heterocycles. The number of nitrogens with zero attached hydrogens (tertiary/aromatic N) is 1. The van der Waals surface area contributed by atoms with Crippen molar-refractivity contribution in [1.29, 1.82) is 0 Å². The van der Waals surface area contributed by atoms with Crippen LogP contribution in [-0.2, 0) is 13.1 Å². The Morgan fingerprint density at radius 1 is 1.00 bits per heavy atom. The van der Waals surface area contributed by atoms with E-state index in [0.29, 0.717) is 0 Å². The average molecular weight is 270 g/mol. The summed E-state index contributed by atoms with van der Waals surface area (Å²) in [5, 5.41) is 3.22. The zero-order chi connectivity index (χ0) is 14.4. The van der Waals surface area contributed by atoms with Gasteiger partial charge in [-0.25, -0.2) is 0 Å². The summed E-state index contributed by atoms with van der Waals surface area (Å²) >= 11 is 0. The number of benzene rings is 2. The molecule has 3 heteroatoms. The first-order chi connectivity index (χ1) is 9.74. The van der Waals surface area contributed by atoms with Crippen molar-refractivity contribution in [1.82, 2.24) is 5.32 Å². The SMILES string of the molecule is CNCc1ccccc1CN(C)c1ccc(OC)cc1. The van der Waals surface area contributed by atoms with Gasteiger partial charge in [-0.1, -0.05) is 24.3 Å². The second-order valence-electron chi connectivity index (χ2n) is 4.85. The van der Waals surface area contributed by atoms with Crippen molar-refractivity contribution in [2.75, 3.05) is 26.1 Å². The summed E-state index contributed by atoms with van der Waals surface area (Å²) in [6, 6.07) is 16.7. The van der Waals surface area contributed by atoms with Crippen LogP contribution in [0.5, 0.6) is 5.75 Å². The van der Waals surface area contributed by atoms with E-state index in [4.69, 9.17) is 4.74 Å². The highest BCUT2D eigenvalue weighted by Crippen LogP contribution is 2.20. The predicted molar refractivity (Wildman–Crippen MR) is 84.3 cm³/mol. The fourth-order valence-corrected chi connectivity index (χ4v) is 2.26. The molecule has 0 aliphatic carbocycles. The molecule has 0 atom stereocenters. The van der Waals surface area contributed by atoms with Crippen LogP contribution in [-0.4, -0.2) is 21.2 Å². The van der Waals surface area contributed by atoms with E-state index >= 15 is 0 Å². The Labute approximate surface area is 121 Å². The van der Waals surface area contributed by atoms with Crippen LogP contribution >= 0.6 is 0 Å². The molecule has 0 aliphatic heterocycles. The first-order valence-corrected chi connectivity index (χ1v) is 6.81. The minimum atomic E-state index is 0.887. The summed E-state index contributed by atoms with van der Waals surface area (Å²) in [6.07, 6.45) is 0. The van der Waals surface area contributed by atoms with Gasteiger partial charge in [-0.05, 0) is 42.4 Å². The molecule has 0 aliphatic rings. The summed E-state index contributed by atoms with van der Waals surface area (Å²) in [6.45, 7) is 1.79. The Balaban J connectivity index is 2.12. The molecule has 106 valence electrons. The third-order valence-electron chi connectivity index (χ3n) is 3.41. The van der Waals surface area contributed by atoms with E-state index in [2.05, 4.69) is 53.7 Å². The predicted octanol–water partition coefficient (Wildman–Crippen LogP) is 3.05. The molecule has 20 heavy (non-hydrogen) atoms. The van der Waals surface area contributed by atoms with Crippen molar-refractivity contribution in [3.05, 3.63) is 59.7 Å². The molecule has 0 aromatic heterocycles. The lowest BCUT2D eigenvalue weighted by atomic mass is 10.1. The lowest BCUT2D eigenvalue weighted by Gasteiger charge is -2.21. The standard InChI is InChI=1S/C17H22N2O/c1-18-12-14-6-4-5-7-15(14)13-19(2)16-8-10-17(20-3)11-9-16/h4-11,18H,12-13H2,1-3H3. The van der Waals surface area contributed by atoms with Gasteiger partial charge in [0, 0.05) is 25.8 Å². The highest BCUT2D eigenvalue weighted by atomic mass is 16.5. The van der Waals surface area contributed by atoms with Gasteiger partial charge in [-0.2, -0.15) is 0 Å². The Morgan fingerprint density at radius 2 is 1.65 bits per heavy atom. The number of nitrogens with one attached hydrogen (secondary N) is 1. The van der Waals surface area contributed by atoms with Crippen molar-refractivity contribution in [3.63, 3.8) is 0 Å². The van der Waals surface area contributed by atoms with E-state index in [1.54, 1.807) is 7.11 Å². The zero-order valence-electron chi connectivity index (χ0n) is 12.4. The van der Waals surface area contributed by atoms with E-state index in [1.807, 2.05) is 19.2 Å². The molecule has 0 fully saturated rings. The number of hydrogen-bond acceptors (Lipinski definition) is 3. The number of methoxy groups -OCH3 is 1. The normalized spacial score (nSPS) is 10.3. The topological polar surface area (TPSA) is 24.5 Å². The van der Waals surface area contributed by atoms with E-state index in [1.165, 1.54) is 16.8 Å². The fraction of sp³-hybridized carbons (Fsp3) is 0.294. The second-order valence-corrected chi connectivity index (χ2v) is 4.85. The van der Waals surface area contributed by atoms with E-state index < -0.39 is 0 Å². The van der Waals surface area contributed by atoms with E-state index in [-0.39, 0.29) is 0 Å². The quantitative estimate of drug-likeness (QED) is 0.873. The van der Waals surface area contributed by atoms with Crippen LogP contribution in [0.3, 0.4) is 0 Å². The Bertz CT molecular complexity index is 537. The summed E-state index contributed by atoms with van der Waals surface area (Å²) in [7, 11) is 5.77. The van der Waals surface area contributed by atoms with E-state index in [0.717, 1.165) is 18.8 Å². The van der Waals surface area contributed by atoms with Gasteiger partial charge in [0.1, 0.15) is 5.75 Å². The van der Waals surface area contributed by atoms with Crippen LogP contribution in [0.1, 0.15) is 11.1 Å². The van der Waals surface area contributed by atoms with Crippen molar-refractivity contribution >= 4 is 5.69 Å². The number of hydrogen-bond donors (Lipinski definition) is 1. The molecule has 0 saturated carbocycles. The van der Waals surface area contributed by atoms with Gasteiger partial charge in [-0.15, -0.1) is 0 Å². The van der Waals surface area contributed by atoms with Gasteiger partial charge in [0.05, 0.1) is 7.11 Å². The lowest BCUT2D eigenvalue weighted by molar-refractivity contribution is 0.415. The monoisotopic (exact) mass is 270 g/mol. The Hall–Kier alpha value is -2.00. The van der Waals surface area contributed by atoms with Crippen molar-refractivity contribution < 1.29 is 4.74 Å². The molecule has 3 nitrogen and oxygen atoms in total. The minimum Gasteiger partial charge on any atom is -0.497 e. The molecule has 2 aromatic carbocycles. The Kier molecular flexibility index (Phi) is 5.02. The second kappa shape index (κ2) is 6.96. The summed E-state index contributed by atoms with van der Waals surface area (Å²) < 4.78 is 5.19. The molecule has 0 radical (unpaired) electrons. The maximum Gasteiger partial charge on any atom is 0.119 e. The maximum atomic E-state index is 5.19. The zero-order valence-corrected chi connectivity index (χ0v) is 12.4. The first kappa shape index (κ1) is 14.4. The molecule has 0 amide bonds. The fourth-order valence-electron chi connectivity index (χ4n) is 2.26. The van der Waals surface area contributed by atoms with Crippen LogP contribution in [0.15, 0.2) is 48.5 Å². The largest absolute Gasteiger partial charge is 0.497 e. The molecule has 2 rings (SSSR count). The highest BCUT2D eigenvalue weighted by Gasteiger charge is 2.06. The summed E-state index contributed by atoms with van der Waals surface area (Å²) in [5.41, 5.74) is 3.88. The van der Waals surface area contributed by atoms with Crippen molar-refractivity contribution in [2.45, 2.75) is 13.1 Å². The molecule has 2 aromatic rings. The third kappa shape index (κ3) is 3.52. The first-order valence-electron chi connectivity index (χ1n) is 6.81. The van der Waals surface area contributed by atoms with E-state index in [9.17, 15) is 0 Å². The van der Waals surface area contributed by atoms with Gasteiger partial charge < -0.3 is 15.0 Å². The van der Waals surface area contributed by atoms with Crippen LogP contribution in [0.4, 0.5) is 5.69 Å². The number of ether oxygens (including phenoxy) is 1. The molecule has 0 bridgehead atoms. The molecular formula is C17H22N2O. The third-order valence-corrected chi connectivity index (χ3v) is 3.41. The molecule has 0 heterocycles. The van der Waals surface area contributed by atoms with Gasteiger partial charge in [0.15, 0.2) is 0 Å². The van der Waals surface area contributed by atoms with Gasteiger partial charge in [0.25, 0.3) is 0 Å². The lowest BCUT2D eigenvalue weighted by Crippen LogP contribution is -2.18. The average Bonchev–Trinajstić information content (AvgIpc) is 2.49. The van der Waals surface area contributed by atoms with Crippen LogP contribution in [0, 0.1) is 0 Å². The number of anilines is 1. The minimum absolute atomic E-state index is 0.887. The number of rotatable bonds is 6.